The van der Waals surface area contributed by atoms with Gasteiger partial charge in [-0.2, -0.15) is 0 Å². The molecule has 0 N–H and O–H groups in total. The van der Waals surface area contributed by atoms with E-state index in [1.54, 1.807) is 0 Å². The maximum absolute atomic E-state index is 12.5. The van der Waals surface area contributed by atoms with Gasteiger partial charge in [0.05, 0.1) is 11.8 Å². The average molecular weight is 411 g/mol. The highest BCUT2D eigenvalue weighted by Crippen LogP contribution is 2.55. The Hall–Kier alpha value is -3.73. The third-order valence-corrected chi connectivity index (χ3v) is 6.42. The van der Waals surface area contributed by atoms with E-state index in [2.05, 4.69) is 0 Å². The molecule has 1 aliphatic carbocycles. The zero-order chi connectivity index (χ0) is 21.4. The minimum absolute atomic E-state index is 0.212. The molecule has 5 rings (SSSR count). The van der Waals surface area contributed by atoms with Gasteiger partial charge in [0.25, 0.3) is 0 Å². The fraction of sp³-hybridized carbons (Fsp3) is 0.192. The number of ether oxygens (including phenoxy) is 1. The number of hydrogen-bond donors (Lipinski definition) is 0. The van der Waals surface area contributed by atoms with Crippen LogP contribution in [0.4, 0.5) is 0 Å². The van der Waals surface area contributed by atoms with Gasteiger partial charge in [-0.05, 0) is 17.2 Å². The third-order valence-electron chi connectivity index (χ3n) is 6.42. The van der Waals surface area contributed by atoms with Crippen molar-refractivity contribution in [3.63, 3.8) is 0 Å². The van der Waals surface area contributed by atoms with Gasteiger partial charge in [-0.15, -0.1) is 0 Å². The molecule has 0 unspecified atom stereocenters. The van der Waals surface area contributed by atoms with Crippen LogP contribution >= 0.6 is 0 Å². The minimum atomic E-state index is -0.978. The van der Waals surface area contributed by atoms with Crippen molar-refractivity contribution in [2.24, 2.45) is 5.92 Å². The molecule has 0 spiro atoms. The van der Waals surface area contributed by atoms with Crippen LogP contribution in [0.5, 0.6) is 5.75 Å². The number of nitro groups is 1. The van der Waals surface area contributed by atoms with Gasteiger partial charge in [-0.1, -0.05) is 84.9 Å². The van der Waals surface area contributed by atoms with E-state index in [1.165, 1.54) is 0 Å². The second-order valence-corrected chi connectivity index (χ2v) is 8.04. The topological polar surface area (TPSA) is 69.4 Å². The molecule has 5 atom stereocenters. The first-order valence-corrected chi connectivity index (χ1v) is 10.3. The van der Waals surface area contributed by atoms with Gasteiger partial charge in [0, 0.05) is 22.0 Å². The summed E-state index contributed by atoms with van der Waals surface area (Å²) in [7, 11) is 0. The SMILES string of the molecule is O=CC1=C[C@H]2[C@@H](c3ccccc3O[C@@H]2c2ccccc2)[C@@H]([N+](=O)[O-])[C@@H]1c1ccccc1. The van der Waals surface area contributed by atoms with Crippen LogP contribution < -0.4 is 4.74 Å². The van der Waals surface area contributed by atoms with E-state index in [4.69, 9.17) is 4.74 Å². The molecule has 0 bridgehead atoms. The molecule has 31 heavy (non-hydrogen) atoms. The van der Waals surface area contributed by atoms with Crippen LogP contribution in [0.15, 0.2) is 96.6 Å². The number of hydrogen-bond acceptors (Lipinski definition) is 4. The van der Waals surface area contributed by atoms with Gasteiger partial charge >= 0.3 is 0 Å². The highest BCUT2D eigenvalue weighted by atomic mass is 16.6. The predicted molar refractivity (Wildman–Crippen MR) is 117 cm³/mol. The maximum Gasteiger partial charge on any atom is 0.231 e. The van der Waals surface area contributed by atoms with Crippen molar-refractivity contribution in [1.29, 1.82) is 0 Å². The smallest absolute Gasteiger partial charge is 0.231 e. The Morgan fingerprint density at radius 2 is 1.45 bits per heavy atom. The number of fused-ring (bicyclic) bond motifs is 3. The van der Waals surface area contributed by atoms with Gasteiger partial charge < -0.3 is 4.74 Å². The molecule has 1 aliphatic heterocycles. The fourth-order valence-electron chi connectivity index (χ4n) is 5.16. The van der Waals surface area contributed by atoms with E-state index < -0.39 is 24.0 Å². The lowest BCUT2D eigenvalue weighted by atomic mass is 9.63. The minimum Gasteiger partial charge on any atom is -0.485 e. The average Bonchev–Trinajstić information content (AvgIpc) is 2.83. The normalized spacial score (nSPS) is 26.6. The molecule has 1 heterocycles. The summed E-state index contributed by atoms with van der Waals surface area (Å²) in [5, 5.41) is 12.5. The Morgan fingerprint density at radius 3 is 2.10 bits per heavy atom. The quantitative estimate of drug-likeness (QED) is 0.341. The van der Waals surface area contributed by atoms with Crippen molar-refractivity contribution in [2.45, 2.75) is 24.0 Å². The number of carbonyl (C=O) groups excluding carboxylic acids is 1. The van der Waals surface area contributed by atoms with Gasteiger partial charge in [0.1, 0.15) is 18.1 Å². The zero-order valence-electron chi connectivity index (χ0n) is 16.7. The Balaban J connectivity index is 1.74. The molecule has 0 aromatic heterocycles. The predicted octanol–water partition coefficient (Wildman–Crippen LogP) is 5.09. The molecule has 5 heteroatoms. The Labute approximate surface area is 180 Å². The van der Waals surface area contributed by atoms with E-state index in [0.29, 0.717) is 11.3 Å². The summed E-state index contributed by atoms with van der Waals surface area (Å²) >= 11 is 0. The molecular formula is C26H21NO4. The van der Waals surface area contributed by atoms with Crippen LogP contribution in [-0.4, -0.2) is 17.3 Å². The molecule has 2 aliphatic rings. The van der Waals surface area contributed by atoms with Crippen molar-refractivity contribution < 1.29 is 14.5 Å². The molecular weight excluding hydrogens is 390 g/mol. The second kappa shape index (κ2) is 7.84. The molecule has 3 aromatic carbocycles. The lowest BCUT2D eigenvalue weighted by molar-refractivity contribution is -0.532. The summed E-state index contributed by atoms with van der Waals surface area (Å²) in [6.45, 7) is 0. The largest absolute Gasteiger partial charge is 0.485 e. The number of carbonyl (C=O) groups is 1. The molecule has 0 fully saturated rings. The summed E-state index contributed by atoms with van der Waals surface area (Å²) in [5.41, 5.74) is 2.98. The first-order valence-electron chi connectivity index (χ1n) is 10.3. The number of rotatable bonds is 4. The molecule has 3 aromatic rings. The van der Waals surface area contributed by atoms with Gasteiger partial charge in [-0.3, -0.25) is 14.9 Å². The lowest BCUT2D eigenvalue weighted by Crippen LogP contribution is -2.45. The van der Waals surface area contributed by atoms with Crippen LogP contribution in [-0.2, 0) is 4.79 Å². The molecule has 154 valence electrons. The number of nitrogens with zero attached hydrogens (tertiary/aromatic N) is 1. The van der Waals surface area contributed by atoms with E-state index in [9.17, 15) is 14.9 Å². The summed E-state index contributed by atoms with van der Waals surface area (Å²) in [4.78, 5) is 24.5. The molecule has 5 nitrogen and oxygen atoms in total. The maximum atomic E-state index is 12.5. The molecule has 0 amide bonds. The number of aldehydes is 1. The third kappa shape index (κ3) is 3.22. The van der Waals surface area contributed by atoms with Crippen LogP contribution in [0.2, 0.25) is 0 Å². The zero-order valence-corrected chi connectivity index (χ0v) is 16.7. The molecule has 0 saturated carbocycles. The van der Waals surface area contributed by atoms with Gasteiger partial charge in [-0.25, -0.2) is 0 Å². The van der Waals surface area contributed by atoms with Crippen molar-refractivity contribution in [3.8, 4) is 5.75 Å². The highest BCUT2D eigenvalue weighted by Gasteiger charge is 2.54. The Kier molecular flexibility index (Phi) is 4.86. The first kappa shape index (κ1) is 19.2. The second-order valence-electron chi connectivity index (χ2n) is 8.04. The van der Waals surface area contributed by atoms with Crippen molar-refractivity contribution in [2.75, 3.05) is 0 Å². The Bertz CT molecular complexity index is 1140. The summed E-state index contributed by atoms with van der Waals surface area (Å²) in [6, 6.07) is 25.6. The van der Waals surface area contributed by atoms with E-state index in [0.717, 1.165) is 23.0 Å². The fourth-order valence-corrected chi connectivity index (χ4v) is 5.16. The number of para-hydroxylation sites is 1. The summed E-state index contributed by atoms with van der Waals surface area (Å²) < 4.78 is 6.37. The van der Waals surface area contributed by atoms with E-state index >= 15 is 0 Å². The molecule has 0 radical (unpaired) electrons. The van der Waals surface area contributed by atoms with E-state index in [-0.39, 0.29) is 10.8 Å². The number of benzene rings is 3. The van der Waals surface area contributed by atoms with E-state index in [1.807, 2.05) is 91.0 Å². The highest BCUT2D eigenvalue weighted by molar-refractivity contribution is 5.77. The van der Waals surface area contributed by atoms with Crippen molar-refractivity contribution >= 4 is 6.29 Å². The van der Waals surface area contributed by atoms with Crippen LogP contribution in [0, 0.1) is 16.0 Å². The van der Waals surface area contributed by atoms with Crippen molar-refractivity contribution in [1.82, 2.24) is 0 Å². The van der Waals surface area contributed by atoms with Gasteiger partial charge in [0.2, 0.25) is 6.04 Å². The van der Waals surface area contributed by atoms with Crippen LogP contribution in [0.25, 0.3) is 0 Å². The molecule has 0 saturated heterocycles. The lowest BCUT2D eigenvalue weighted by Gasteiger charge is -2.44. The first-order chi connectivity index (χ1) is 15.2. The van der Waals surface area contributed by atoms with Gasteiger partial charge in [0.15, 0.2) is 0 Å². The van der Waals surface area contributed by atoms with Crippen LogP contribution in [0.3, 0.4) is 0 Å². The monoisotopic (exact) mass is 411 g/mol. The summed E-state index contributed by atoms with van der Waals surface area (Å²) in [5.74, 6) is -0.691. The van der Waals surface area contributed by atoms with Crippen LogP contribution in [0.1, 0.15) is 34.6 Å². The summed E-state index contributed by atoms with van der Waals surface area (Å²) in [6.07, 6.45) is 2.27. The Morgan fingerprint density at radius 1 is 0.839 bits per heavy atom. The van der Waals surface area contributed by atoms with Crippen molar-refractivity contribution in [3.05, 3.63) is 123 Å². The standard InChI is InChI=1S/C26H21NO4/c28-16-19-15-21-24(25(27(29)30)23(19)17-9-3-1-4-10-17)20-13-7-8-14-22(20)31-26(21)18-11-5-2-6-12-18/h1-16,21,23-26H/t21-,23+,24+,25-,26+/m0/s1.